The maximum absolute atomic E-state index is 13.2. The largest absolute Gasteiger partial charge is 0.361 e. The van der Waals surface area contributed by atoms with E-state index < -0.39 is 0 Å². The third-order valence-electron chi connectivity index (χ3n) is 6.15. The Labute approximate surface area is 158 Å². The smallest absolute Gasteiger partial charge is 0.223 e. The summed E-state index contributed by atoms with van der Waals surface area (Å²) in [6.07, 6.45) is 4.78. The van der Waals surface area contributed by atoms with Crippen molar-refractivity contribution in [1.29, 1.82) is 0 Å². The van der Waals surface area contributed by atoms with Gasteiger partial charge in [-0.2, -0.15) is 11.3 Å². The van der Waals surface area contributed by atoms with Crippen LogP contribution in [-0.2, 0) is 17.8 Å². The molecule has 4 rings (SSSR count). The van der Waals surface area contributed by atoms with Gasteiger partial charge in [0.15, 0.2) is 0 Å². The molecule has 1 saturated heterocycles. The van der Waals surface area contributed by atoms with E-state index in [1.807, 2.05) is 13.8 Å². The van der Waals surface area contributed by atoms with Crippen LogP contribution in [0.25, 0.3) is 0 Å². The second-order valence-corrected chi connectivity index (χ2v) is 8.57. The van der Waals surface area contributed by atoms with Crippen LogP contribution in [0.3, 0.4) is 0 Å². The van der Waals surface area contributed by atoms with E-state index in [-0.39, 0.29) is 5.91 Å². The van der Waals surface area contributed by atoms with Gasteiger partial charge in [-0.25, -0.2) is 0 Å². The summed E-state index contributed by atoms with van der Waals surface area (Å²) in [4.78, 5) is 15.3. The fourth-order valence-electron chi connectivity index (χ4n) is 4.41. The molecule has 2 fully saturated rings. The summed E-state index contributed by atoms with van der Waals surface area (Å²) in [5.74, 6) is 1.09. The molecular formula is C20H27N3O2S. The molecule has 1 aliphatic heterocycles. The number of nitrogens with one attached hydrogen (secondary N) is 1. The van der Waals surface area contributed by atoms with Crippen molar-refractivity contribution in [3.63, 3.8) is 0 Å². The molecular weight excluding hydrogens is 346 g/mol. The van der Waals surface area contributed by atoms with Gasteiger partial charge in [0.05, 0.1) is 5.69 Å². The summed E-state index contributed by atoms with van der Waals surface area (Å²) in [6.45, 7) is 6.77. The first kappa shape index (κ1) is 17.7. The summed E-state index contributed by atoms with van der Waals surface area (Å²) in [6, 6.07) is 2.54. The van der Waals surface area contributed by atoms with Crippen LogP contribution in [0, 0.1) is 19.3 Å². The van der Waals surface area contributed by atoms with Gasteiger partial charge in [0.1, 0.15) is 5.76 Å². The van der Waals surface area contributed by atoms with E-state index in [4.69, 9.17) is 4.52 Å². The fourth-order valence-corrected chi connectivity index (χ4v) is 5.07. The van der Waals surface area contributed by atoms with Crippen molar-refractivity contribution in [2.45, 2.75) is 58.5 Å². The molecule has 5 nitrogen and oxygen atoms in total. The van der Waals surface area contributed by atoms with Gasteiger partial charge >= 0.3 is 0 Å². The maximum atomic E-state index is 13.2. The quantitative estimate of drug-likeness (QED) is 0.842. The first-order valence-electron chi connectivity index (χ1n) is 9.52. The zero-order valence-electron chi connectivity index (χ0n) is 15.6. The monoisotopic (exact) mass is 373 g/mol. The van der Waals surface area contributed by atoms with Gasteiger partial charge in [0, 0.05) is 24.6 Å². The van der Waals surface area contributed by atoms with E-state index in [0.717, 1.165) is 43.1 Å². The van der Waals surface area contributed by atoms with Crippen LogP contribution in [0.4, 0.5) is 0 Å². The first-order valence-corrected chi connectivity index (χ1v) is 10.5. The van der Waals surface area contributed by atoms with E-state index in [0.29, 0.717) is 24.3 Å². The molecule has 3 heterocycles. The number of carbonyl (C=O) groups excluding carboxylic acids is 1. The minimum Gasteiger partial charge on any atom is -0.361 e. The SMILES string of the molecule is Cc1noc(C)c1CCC(=O)N(Cc1ccsc1)C1CC12CCNCC2. The molecule has 6 heteroatoms. The zero-order chi connectivity index (χ0) is 18.1. The van der Waals surface area contributed by atoms with E-state index >= 15 is 0 Å². The summed E-state index contributed by atoms with van der Waals surface area (Å²) in [7, 11) is 0. The molecule has 26 heavy (non-hydrogen) atoms. The summed E-state index contributed by atoms with van der Waals surface area (Å²) < 4.78 is 5.24. The van der Waals surface area contributed by atoms with Gasteiger partial charge in [-0.05, 0) is 80.4 Å². The summed E-state index contributed by atoms with van der Waals surface area (Å²) in [5, 5.41) is 11.7. The first-order chi connectivity index (χ1) is 12.6. The lowest BCUT2D eigenvalue weighted by Gasteiger charge is -2.29. The van der Waals surface area contributed by atoms with Gasteiger partial charge in [0.25, 0.3) is 0 Å². The zero-order valence-corrected chi connectivity index (χ0v) is 16.4. The van der Waals surface area contributed by atoms with Crippen molar-refractivity contribution >= 4 is 17.2 Å². The Bertz CT molecular complexity index is 743. The molecule has 1 saturated carbocycles. The second-order valence-electron chi connectivity index (χ2n) is 7.79. The number of aromatic nitrogens is 1. The molecule has 0 aromatic carbocycles. The average molecular weight is 374 g/mol. The molecule has 1 spiro atoms. The van der Waals surface area contributed by atoms with Crippen molar-refractivity contribution in [3.8, 4) is 0 Å². The standard InChI is InChI=1S/C20H27N3O2S/c1-14-17(15(2)25-22-14)3-4-19(24)23(12-16-5-10-26-13-16)18-11-20(18)6-8-21-9-7-20/h5,10,13,18,21H,3-4,6-9,11-12H2,1-2H3. The Hall–Kier alpha value is -1.66. The fraction of sp³-hybridized carbons (Fsp3) is 0.600. The number of nitrogens with zero attached hydrogens (tertiary/aromatic N) is 2. The third kappa shape index (κ3) is 3.45. The van der Waals surface area contributed by atoms with Crippen LogP contribution in [-0.4, -0.2) is 35.1 Å². The van der Waals surface area contributed by atoms with Gasteiger partial charge in [-0.3, -0.25) is 4.79 Å². The molecule has 1 unspecified atom stereocenters. The number of hydrogen-bond donors (Lipinski definition) is 1. The highest BCUT2D eigenvalue weighted by Gasteiger charge is 2.57. The molecule has 2 aromatic rings. The predicted octanol–water partition coefficient (Wildman–Crippen LogP) is 3.46. The highest BCUT2D eigenvalue weighted by atomic mass is 32.1. The van der Waals surface area contributed by atoms with Crippen molar-refractivity contribution in [2.24, 2.45) is 5.41 Å². The van der Waals surface area contributed by atoms with E-state index in [9.17, 15) is 4.79 Å². The van der Waals surface area contributed by atoms with Crippen molar-refractivity contribution in [1.82, 2.24) is 15.4 Å². The van der Waals surface area contributed by atoms with E-state index in [2.05, 4.69) is 32.2 Å². The topological polar surface area (TPSA) is 58.4 Å². The lowest BCUT2D eigenvalue weighted by atomic mass is 9.93. The van der Waals surface area contributed by atoms with Crippen LogP contribution in [0.2, 0.25) is 0 Å². The van der Waals surface area contributed by atoms with Crippen LogP contribution in [0.1, 0.15) is 48.3 Å². The number of amides is 1. The Balaban J connectivity index is 1.46. The number of hydrogen-bond acceptors (Lipinski definition) is 5. The highest BCUT2D eigenvalue weighted by Crippen LogP contribution is 2.56. The lowest BCUT2D eigenvalue weighted by Crippen LogP contribution is -2.39. The lowest BCUT2D eigenvalue weighted by molar-refractivity contribution is -0.133. The summed E-state index contributed by atoms with van der Waals surface area (Å²) >= 11 is 1.70. The Kier molecular flexibility index (Phi) is 4.88. The number of thiophene rings is 1. The molecule has 0 radical (unpaired) electrons. The predicted molar refractivity (Wildman–Crippen MR) is 102 cm³/mol. The van der Waals surface area contributed by atoms with Crippen LogP contribution < -0.4 is 5.32 Å². The van der Waals surface area contributed by atoms with Crippen LogP contribution >= 0.6 is 11.3 Å². The normalized spacial score (nSPS) is 21.1. The van der Waals surface area contributed by atoms with Crippen molar-refractivity contribution < 1.29 is 9.32 Å². The van der Waals surface area contributed by atoms with Crippen LogP contribution in [0.15, 0.2) is 21.3 Å². The van der Waals surface area contributed by atoms with Gasteiger partial charge in [0.2, 0.25) is 5.91 Å². The number of aryl methyl sites for hydroxylation is 2. The minimum atomic E-state index is 0.261. The number of piperidine rings is 1. The van der Waals surface area contributed by atoms with E-state index in [1.165, 1.54) is 18.4 Å². The molecule has 1 aliphatic carbocycles. The van der Waals surface area contributed by atoms with Gasteiger partial charge in [-0.15, -0.1) is 0 Å². The van der Waals surface area contributed by atoms with Gasteiger partial charge in [-0.1, -0.05) is 5.16 Å². The number of carbonyl (C=O) groups is 1. The Morgan fingerprint density at radius 2 is 2.23 bits per heavy atom. The minimum absolute atomic E-state index is 0.261. The molecule has 2 aromatic heterocycles. The van der Waals surface area contributed by atoms with Crippen molar-refractivity contribution in [3.05, 3.63) is 39.4 Å². The van der Waals surface area contributed by atoms with Gasteiger partial charge < -0.3 is 14.7 Å². The highest BCUT2D eigenvalue weighted by molar-refractivity contribution is 7.07. The average Bonchev–Trinajstić information content (AvgIpc) is 2.98. The number of rotatable bonds is 6. The van der Waals surface area contributed by atoms with Crippen molar-refractivity contribution in [2.75, 3.05) is 13.1 Å². The van der Waals surface area contributed by atoms with E-state index in [1.54, 1.807) is 11.3 Å². The molecule has 2 aliphatic rings. The maximum Gasteiger partial charge on any atom is 0.223 e. The molecule has 1 atom stereocenters. The molecule has 1 N–H and O–H groups in total. The second kappa shape index (κ2) is 7.16. The molecule has 140 valence electrons. The Morgan fingerprint density at radius 1 is 1.42 bits per heavy atom. The van der Waals surface area contributed by atoms with Crippen LogP contribution in [0.5, 0.6) is 0 Å². The third-order valence-corrected chi connectivity index (χ3v) is 6.88. The Morgan fingerprint density at radius 3 is 2.88 bits per heavy atom. The summed E-state index contributed by atoms with van der Waals surface area (Å²) in [5.41, 5.74) is 3.60. The molecule has 0 bridgehead atoms. The molecule has 1 amide bonds.